The van der Waals surface area contributed by atoms with E-state index in [1.54, 1.807) is 12.1 Å². The lowest BCUT2D eigenvalue weighted by molar-refractivity contribution is 0.381. The average Bonchev–Trinajstić information content (AvgIpc) is 2.58. The van der Waals surface area contributed by atoms with Crippen LogP contribution in [-0.4, -0.2) is 56.2 Å². The summed E-state index contributed by atoms with van der Waals surface area (Å²) >= 11 is 2.05. The highest BCUT2D eigenvalue weighted by Gasteiger charge is 2.24. The van der Waals surface area contributed by atoms with E-state index in [1.165, 1.54) is 0 Å². The first-order valence-corrected chi connectivity index (χ1v) is 11.9. The second-order valence-corrected chi connectivity index (χ2v) is 9.94. The maximum absolute atomic E-state index is 11.3. The molecule has 26 heavy (non-hydrogen) atoms. The molecular formula is C18H30N4O2S2. The lowest BCUT2D eigenvalue weighted by Crippen LogP contribution is -2.49. The fraction of sp³-hybridized carbons (Fsp3) is 0.611. The predicted molar refractivity (Wildman–Crippen MR) is 112 cm³/mol. The standard InChI is InChI=1S/C18H30N4O2S2/c1-5-19-18(22-10-11-25-17(13-22)14(2)3)20-12-15-6-8-16(9-7-15)21-26(4,23)24/h6-9,14,17,21H,5,10-13H2,1-4H3,(H,19,20). The van der Waals surface area contributed by atoms with Crippen LogP contribution in [0.2, 0.25) is 0 Å². The zero-order chi connectivity index (χ0) is 19.2. The van der Waals surface area contributed by atoms with Gasteiger partial charge in [-0.15, -0.1) is 0 Å². The Morgan fingerprint density at radius 2 is 2.04 bits per heavy atom. The van der Waals surface area contributed by atoms with Gasteiger partial charge in [0.25, 0.3) is 0 Å². The fourth-order valence-corrected chi connectivity index (χ4v) is 4.62. The van der Waals surface area contributed by atoms with Gasteiger partial charge in [0.15, 0.2) is 5.96 Å². The molecule has 0 aliphatic carbocycles. The van der Waals surface area contributed by atoms with Gasteiger partial charge < -0.3 is 10.2 Å². The maximum atomic E-state index is 11.3. The Hall–Kier alpha value is -1.41. The number of rotatable bonds is 6. The second kappa shape index (κ2) is 9.50. The van der Waals surface area contributed by atoms with Crippen LogP contribution in [0.4, 0.5) is 5.69 Å². The van der Waals surface area contributed by atoms with Crippen molar-refractivity contribution in [3.05, 3.63) is 29.8 Å². The molecule has 0 aromatic heterocycles. The molecule has 1 aromatic carbocycles. The molecule has 1 unspecified atom stereocenters. The van der Waals surface area contributed by atoms with E-state index in [0.717, 1.165) is 43.2 Å². The molecule has 1 aromatic rings. The van der Waals surface area contributed by atoms with E-state index in [-0.39, 0.29) is 0 Å². The SMILES string of the molecule is CCNC(=NCc1ccc(NS(C)(=O)=O)cc1)N1CCSC(C(C)C)C1. The molecule has 2 N–H and O–H groups in total. The molecule has 1 aliphatic rings. The molecule has 0 spiro atoms. The van der Waals surface area contributed by atoms with Crippen molar-refractivity contribution >= 4 is 33.4 Å². The molecule has 1 aliphatic heterocycles. The van der Waals surface area contributed by atoms with Gasteiger partial charge in [0.1, 0.15) is 0 Å². The van der Waals surface area contributed by atoms with Crippen LogP contribution >= 0.6 is 11.8 Å². The van der Waals surface area contributed by atoms with E-state index in [2.05, 4.69) is 47.5 Å². The monoisotopic (exact) mass is 398 g/mol. The third kappa shape index (κ3) is 6.72. The van der Waals surface area contributed by atoms with Crippen LogP contribution in [0, 0.1) is 5.92 Å². The number of nitrogens with one attached hydrogen (secondary N) is 2. The molecule has 6 nitrogen and oxygen atoms in total. The van der Waals surface area contributed by atoms with E-state index in [4.69, 9.17) is 4.99 Å². The molecule has 1 heterocycles. The van der Waals surface area contributed by atoms with Gasteiger partial charge in [-0.25, -0.2) is 13.4 Å². The topological polar surface area (TPSA) is 73.8 Å². The summed E-state index contributed by atoms with van der Waals surface area (Å²) in [5.74, 6) is 2.73. The minimum atomic E-state index is -3.25. The predicted octanol–water partition coefficient (Wildman–Crippen LogP) is 2.60. The van der Waals surface area contributed by atoms with Gasteiger partial charge in [0, 0.05) is 36.3 Å². The van der Waals surface area contributed by atoms with E-state index >= 15 is 0 Å². The first-order chi connectivity index (χ1) is 12.3. The number of hydrogen-bond acceptors (Lipinski definition) is 4. The zero-order valence-electron chi connectivity index (χ0n) is 16.0. The van der Waals surface area contributed by atoms with Gasteiger partial charge in [0.05, 0.1) is 12.8 Å². The molecule has 0 saturated carbocycles. The van der Waals surface area contributed by atoms with Crippen molar-refractivity contribution in [1.29, 1.82) is 0 Å². The number of guanidine groups is 1. The number of sulfonamides is 1. The van der Waals surface area contributed by atoms with E-state index in [1.807, 2.05) is 12.1 Å². The third-order valence-electron chi connectivity index (χ3n) is 4.14. The molecular weight excluding hydrogens is 368 g/mol. The van der Waals surface area contributed by atoms with E-state index < -0.39 is 10.0 Å². The molecule has 0 amide bonds. The quantitative estimate of drug-likeness (QED) is 0.569. The lowest BCUT2D eigenvalue weighted by Gasteiger charge is -2.36. The Bertz CT molecular complexity index is 702. The maximum Gasteiger partial charge on any atom is 0.229 e. The van der Waals surface area contributed by atoms with Crippen LogP contribution < -0.4 is 10.0 Å². The fourth-order valence-electron chi connectivity index (χ4n) is 2.76. The molecule has 146 valence electrons. The van der Waals surface area contributed by atoms with Crippen LogP contribution in [0.15, 0.2) is 29.3 Å². The van der Waals surface area contributed by atoms with Crippen LogP contribution in [0.25, 0.3) is 0 Å². The second-order valence-electron chi connectivity index (χ2n) is 6.84. The molecule has 8 heteroatoms. The highest BCUT2D eigenvalue weighted by molar-refractivity contribution is 8.00. The van der Waals surface area contributed by atoms with Crippen LogP contribution in [0.3, 0.4) is 0 Å². The largest absolute Gasteiger partial charge is 0.357 e. The van der Waals surface area contributed by atoms with Crippen molar-refractivity contribution < 1.29 is 8.42 Å². The Morgan fingerprint density at radius 3 is 2.62 bits per heavy atom. The zero-order valence-corrected chi connectivity index (χ0v) is 17.7. The minimum Gasteiger partial charge on any atom is -0.357 e. The summed E-state index contributed by atoms with van der Waals surface area (Å²) in [7, 11) is -3.25. The van der Waals surface area contributed by atoms with Gasteiger partial charge in [-0.1, -0.05) is 26.0 Å². The van der Waals surface area contributed by atoms with Gasteiger partial charge in [-0.3, -0.25) is 4.72 Å². The van der Waals surface area contributed by atoms with Crippen molar-refractivity contribution in [2.45, 2.75) is 32.6 Å². The third-order valence-corrected chi connectivity index (χ3v) is 6.29. The lowest BCUT2D eigenvalue weighted by atomic mass is 10.1. The first kappa shape index (κ1) is 20.9. The number of aliphatic imine (C=N–C) groups is 1. The summed E-state index contributed by atoms with van der Waals surface area (Å²) in [6.07, 6.45) is 1.15. The Labute approximate surface area is 161 Å². The summed E-state index contributed by atoms with van der Waals surface area (Å²) in [5.41, 5.74) is 1.62. The summed E-state index contributed by atoms with van der Waals surface area (Å²) in [5, 5.41) is 4.03. The summed E-state index contributed by atoms with van der Waals surface area (Å²) in [4.78, 5) is 7.14. The van der Waals surface area contributed by atoms with Crippen LogP contribution in [0.1, 0.15) is 26.3 Å². The van der Waals surface area contributed by atoms with Crippen molar-refractivity contribution in [1.82, 2.24) is 10.2 Å². The number of hydrogen-bond donors (Lipinski definition) is 2. The molecule has 0 bridgehead atoms. The average molecular weight is 399 g/mol. The Balaban J connectivity index is 2.04. The van der Waals surface area contributed by atoms with Gasteiger partial charge in [-0.05, 0) is 30.5 Å². The highest BCUT2D eigenvalue weighted by Crippen LogP contribution is 2.25. The molecule has 1 fully saturated rings. The summed E-state index contributed by atoms with van der Waals surface area (Å²) in [6.45, 7) is 10.1. The Morgan fingerprint density at radius 1 is 1.35 bits per heavy atom. The molecule has 1 atom stereocenters. The number of thioether (sulfide) groups is 1. The van der Waals surface area contributed by atoms with E-state index in [0.29, 0.717) is 23.4 Å². The normalized spacial score (nSPS) is 18.9. The molecule has 2 rings (SSSR count). The minimum absolute atomic E-state index is 0.567. The van der Waals surface area contributed by atoms with Crippen molar-refractivity contribution in [3.63, 3.8) is 0 Å². The summed E-state index contributed by atoms with van der Waals surface area (Å²) in [6, 6.07) is 7.35. The first-order valence-electron chi connectivity index (χ1n) is 9.00. The highest BCUT2D eigenvalue weighted by atomic mass is 32.2. The smallest absolute Gasteiger partial charge is 0.229 e. The van der Waals surface area contributed by atoms with Crippen molar-refractivity contribution in [2.75, 3.05) is 36.4 Å². The van der Waals surface area contributed by atoms with Crippen molar-refractivity contribution in [3.8, 4) is 0 Å². The van der Waals surface area contributed by atoms with Crippen LogP contribution in [-0.2, 0) is 16.6 Å². The van der Waals surface area contributed by atoms with Gasteiger partial charge in [-0.2, -0.15) is 11.8 Å². The van der Waals surface area contributed by atoms with Gasteiger partial charge in [0.2, 0.25) is 10.0 Å². The number of benzene rings is 1. The number of anilines is 1. The van der Waals surface area contributed by atoms with Gasteiger partial charge >= 0.3 is 0 Å². The number of nitrogens with zero attached hydrogens (tertiary/aromatic N) is 2. The summed E-state index contributed by atoms with van der Waals surface area (Å²) < 4.78 is 25.0. The molecule has 0 radical (unpaired) electrons. The van der Waals surface area contributed by atoms with E-state index in [9.17, 15) is 8.42 Å². The molecule has 1 saturated heterocycles. The Kier molecular flexibility index (Phi) is 7.64. The van der Waals surface area contributed by atoms with Crippen LogP contribution in [0.5, 0.6) is 0 Å². The van der Waals surface area contributed by atoms with Crippen molar-refractivity contribution in [2.24, 2.45) is 10.9 Å².